The van der Waals surface area contributed by atoms with Gasteiger partial charge >= 0.3 is 0 Å². The van der Waals surface area contributed by atoms with Crippen LogP contribution in [0.25, 0.3) is 0 Å². The average Bonchev–Trinajstić information content (AvgIpc) is 2.38. The van der Waals surface area contributed by atoms with Crippen LogP contribution in [0.1, 0.15) is 5.56 Å². The summed E-state index contributed by atoms with van der Waals surface area (Å²) in [6.07, 6.45) is 0. The molecule has 0 aromatic heterocycles. The second kappa shape index (κ2) is 5.43. The Hall–Kier alpha value is -1.19. The van der Waals surface area contributed by atoms with Crippen molar-refractivity contribution in [3.05, 3.63) is 57.5 Å². The third-order valence-corrected chi connectivity index (χ3v) is 3.87. The molecule has 2 aromatic rings. The molecule has 0 N–H and O–H groups in total. The minimum absolute atomic E-state index is 0.712. The predicted molar refractivity (Wildman–Crippen MR) is 82.1 cm³/mol. The van der Waals surface area contributed by atoms with Crippen molar-refractivity contribution in [1.29, 1.82) is 0 Å². The van der Waals surface area contributed by atoms with Crippen molar-refractivity contribution < 1.29 is 4.74 Å². The topological polar surface area (TPSA) is 12.5 Å². The molecule has 0 saturated heterocycles. The van der Waals surface area contributed by atoms with Gasteiger partial charge in [-0.3, -0.25) is 0 Å². The first kappa shape index (κ1) is 12.8. The Kier molecular flexibility index (Phi) is 3.67. The van der Waals surface area contributed by atoms with Crippen LogP contribution < -0.4 is 9.64 Å². The highest BCUT2D eigenvalue weighted by molar-refractivity contribution is 9.10. The normalized spacial score (nSPS) is 13.9. The number of anilines is 1. The second-order valence-corrected chi connectivity index (χ2v) is 5.86. The first-order valence-electron chi connectivity index (χ1n) is 6.14. The first-order valence-corrected chi connectivity index (χ1v) is 7.31. The zero-order chi connectivity index (χ0) is 13.2. The standard InChI is InChI=1S/C15H13BrClNO/c16-12-4-5-14-15(9-12)19-7-6-18(14)10-11-2-1-3-13(17)8-11/h1-5,8-9H,6-7,10H2. The number of fused-ring (bicyclic) bond motifs is 1. The Labute approximate surface area is 126 Å². The smallest absolute Gasteiger partial charge is 0.143 e. The molecular formula is C15H13BrClNO. The predicted octanol–water partition coefficient (Wildman–Crippen LogP) is 4.50. The Morgan fingerprint density at radius 2 is 2.11 bits per heavy atom. The summed E-state index contributed by atoms with van der Waals surface area (Å²) in [6.45, 7) is 2.45. The van der Waals surface area contributed by atoms with E-state index in [9.17, 15) is 0 Å². The van der Waals surface area contributed by atoms with Gasteiger partial charge in [0.1, 0.15) is 12.4 Å². The highest BCUT2D eigenvalue weighted by Crippen LogP contribution is 2.34. The lowest BCUT2D eigenvalue weighted by Crippen LogP contribution is -2.32. The van der Waals surface area contributed by atoms with E-state index in [1.54, 1.807) is 0 Å². The van der Waals surface area contributed by atoms with Crippen LogP contribution in [0.15, 0.2) is 46.9 Å². The Balaban J connectivity index is 1.87. The summed E-state index contributed by atoms with van der Waals surface area (Å²) in [4.78, 5) is 2.32. The second-order valence-electron chi connectivity index (χ2n) is 4.51. The molecule has 0 spiro atoms. The number of hydrogen-bond acceptors (Lipinski definition) is 2. The van der Waals surface area contributed by atoms with Gasteiger partial charge in [0.25, 0.3) is 0 Å². The number of nitrogens with zero attached hydrogens (tertiary/aromatic N) is 1. The minimum Gasteiger partial charge on any atom is -0.490 e. The van der Waals surface area contributed by atoms with Crippen LogP contribution in [-0.4, -0.2) is 13.2 Å². The van der Waals surface area contributed by atoms with Gasteiger partial charge in [-0.2, -0.15) is 0 Å². The van der Waals surface area contributed by atoms with Gasteiger partial charge in [0, 0.05) is 16.0 Å². The van der Waals surface area contributed by atoms with Gasteiger partial charge in [-0.05, 0) is 35.9 Å². The van der Waals surface area contributed by atoms with Crippen LogP contribution in [0, 0.1) is 0 Å². The SMILES string of the molecule is Clc1cccc(CN2CCOc3cc(Br)ccc32)c1. The lowest BCUT2D eigenvalue weighted by Gasteiger charge is -2.31. The summed E-state index contributed by atoms with van der Waals surface area (Å²) >= 11 is 9.50. The quantitative estimate of drug-likeness (QED) is 0.799. The third-order valence-electron chi connectivity index (χ3n) is 3.14. The van der Waals surface area contributed by atoms with E-state index in [1.165, 1.54) is 5.56 Å². The number of rotatable bonds is 2. The summed E-state index contributed by atoms with van der Waals surface area (Å²) < 4.78 is 6.74. The van der Waals surface area contributed by atoms with Crippen LogP contribution in [0.3, 0.4) is 0 Å². The summed E-state index contributed by atoms with van der Waals surface area (Å²) in [7, 11) is 0. The molecule has 19 heavy (non-hydrogen) atoms. The molecule has 98 valence electrons. The molecule has 0 fully saturated rings. The van der Waals surface area contributed by atoms with Gasteiger partial charge in [0.2, 0.25) is 0 Å². The number of halogens is 2. The number of hydrogen-bond donors (Lipinski definition) is 0. The van der Waals surface area contributed by atoms with E-state index in [2.05, 4.69) is 33.0 Å². The molecule has 0 bridgehead atoms. The Morgan fingerprint density at radius 1 is 1.21 bits per heavy atom. The maximum absolute atomic E-state index is 6.03. The van der Waals surface area contributed by atoms with Gasteiger partial charge in [-0.1, -0.05) is 39.7 Å². The van der Waals surface area contributed by atoms with Gasteiger partial charge in [0.05, 0.1) is 12.2 Å². The zero-order valence-electron chi connectivity index (χ0n) is 10.3. The molecule has 0 saturated carbocycles. The fourth-order valence-corrected chi connectivity index (χ4v) is 2.82. The molecule has 0 amide bonds. The Morgan fingerprint density at radius 3 is 2.95 bits per heavy atom. The van der Waals surface area contributed by atoms with E-state index in [1.807, 2.05) is 30.3 Å². The van der Waals surface area contributed by atoms with E-state index in [4.69, 9.17) is 16.3 Å². The van der Waals surface area contributed by atoms with Crippen LogP contribution >= 0.6 is 27.5 Å². The lowest BCUT2D eigenvalue weighted by molar-refractivity contribution is 0.306. The van der Waals surface area contributed by atoms with Gasteiger partial charge in [-0.15, -0.1) is 0 Å². The molecule has 2 nitrogen and oxygen atoms in total. The summed E-state index contributed by atoms with van der Waals surface area (Å²) in [5, 5.41) is 0.779. The maximum atomic E-state index is 6.03. The highest BCUT2D eigenvalue weighted by atomic mass is 79.9. The van der Waals surface area contributed by atoms with E-state index >= 15 is 0 Å². The van der Waals surface area contributed by atoms with Crippen LogP contribution in [-0.2, 0) is 6.54 Å². The summed E-state index contributed by atoms with van der Waals surface area (Å²) in [5.41, 5.74) is 2.35. The van der Waals surface area contributed by atoms with E-state index in [0.717, 1.165) is 34.0 Å². The summed E-state index contributed by atoms with van der Waals surface area (Å²) in [6, 6.07) is 14.1. The highest BCUT2D eigenvalue weighted by Gasteiger charge is 2.18. The third kappa shape index (κ3) is 2.88. The lowest BCUT2D eigenvalue weighted by atomic mass is 10.1. The molecule has 1 aliphatic heterocycles. The molecule has 0 aliphatic carbocycles. The Bertz CT molecular complexity index is 602. The molecule has 2 aromatic carbocycles. The fourth-order valence-electron chi connectivity index (χ4n) is 2.27. The largest absolute Gasteiger partial charge is 0.490 e. The van der Waals surface area contributed by atoms with E-state index in [0.29, 0.717) is 6.61 Å². The first-order chi connectivity index (χ1) is 9.22. The molecule has 1 aliphatic rings. The van der Waals surface area contributed by atoms with Crippen molar-refractivity contribution in [1.82, 2.24) is 0 Å². The average molecular weight is 339 g/mol. The minimum atomic E-state index is 0.712. The monoisotopic (exact) mass is 337 g/mol. The van der Waals surface area contributed by atoms with Crippen molar-refractivity contribution in [2.24, 2.45) is 0 Å². The molecule has 0 unspecified atom stereocenters. The molecule has 0 radical (unpaired) electrons. The number of benzene rings is 2. The molecule has 3 rings (SSSR count). The fraction of sp³-hybridized carbons (Fsp3) is 0.200. The molecule has 4 heteroatoms. The van der Waals surface area contributed by atoms with Crippen LogP contribution in [0.2, 0.25) is 5.02 Å². The zero-order valence-corrected chi connectivity index (χ0v) is 12.6. The van der Waals surface area contributed by atoms with Crippen molar-refractivity contribution in [3.63, 3.8) is 0 Å². The van der Waals surface area contributed by atoms with Crippen LogP contribution in [0.5, 0.6) is 5.75 Å². The van der Waals surface area contributed by atoms with E-state index in [-0.39, 0.29) is 0 Å². The molecular weight excluding hydrogens is 326 g/mol. The van der Waals surface area contributed by atoms with E-state index < -0.39 is 0 Å². The van der Waals surface area contributed by atoms with Crippen molar-refractivity contribution >= 4 is 33.2 Å². The molecule has 0 atom stereocenters. The summed E-state index contributed by atoms with van der Waals surface area (Å²) in [5.74, 6) is 0.933. The molecule has 1 heterocycles. The van der Waals surface area contributed by atoms with Crippen LogP contribution in [0.4, 0.5) is 5.69 Å². The van der Waals surface area contributed by atoms with Crippen molar-refractivity contribution in [2.75, 3.05) is 18.1 Å². The van der Waals surface area contributed by atoms with Gasteiger partial charge in [0.15, 0.2) is 0 Å². The van der Waals surface area contributed by atoms with Crippen molar-refractivity contribution in [2.45, 2.75) is 6.54 Å². The maximum Gasteiger partial charge on any atom is 0.143 e. The van der Waals surface area contributed by atoms with Gasteiger partial charge < -0.3 is 9.64 Å². The number of ether oxygens (including phenoxy) is 1. The van der Waals surface area contributed by atoms with Gasteiger partial charge in [-0.25, -0.2) is 0 Å². The van der Waals surface area contributed by atoms with Crippen molar-refractivity contribution in [3.8, 4) is 5.75 Å².